The number of amides is 1. The fourth-order valence-corrected chi connectivity index (χ4v) is 2.08. The zero-order chi connectivity index (χ0) is 17.0. The quantitative estimate of drug-likeness (QED) is 0.454. The summed E-state index contributed by atoms with van der Waals surface area (Å²) in [6, 6.07) is -0.834. The number of hydrogen-bond acceptors (Lipinski definition) is 4. The van der Waals surface area contributed by atoms with Crippen molar-refractivity contribution in [3.8, 4) is 0 Å². The van der Waals surface area contributed by atoms with E-state index in [1.165, 1.54) is 32.1 Å². The molecule has 0 saturated heterocycles. The summed E-state index contributed by atoms with van der Waals surface area (Å²) >= 11 is 0. The summed E-state index contributed by atoms with van der Waals surface area (Å²) in [5, 5.41) is 2.78. The maximum Gasteiger partial charge on any atom is 0.308 e. The fourth-order valence-electron chi connectivity index (χ4n) is 2.08. The number of ether oxygens (including phenoxy) is 1. The van der Waals surface area contributed by atoms with Crippen molar-refractivity contribution in [2.45, 2.75) is 90.7 Å². The third-order valence-corrected chi connectivity index (χ3v) is 3.22. The molecule has 0 spiro atoms. The number of carbonyl (C=O) groups excluding carboxylic acids is 2. The van der Waals surface area contributed by atoms with Crippen molar-refractivity contribution in [1.29, 1.82) is 0 Å². The van der Waals surface area contributed by atoms with Crippen LogP contribution in [0.15, 0.2) is 0 Å². The Bertz CT molecular complexity index is 324. The van der Waals surface area contributed by atoms with Gasteiger partial charge in [-0.15, -0.1) is 0 Å². The summed E-state index contributed by atoms with van der Waals surface area (Å²) in [4.78, 5) is 23.4. The molecule has 3 N–H and O–H groups in total. The van der Waals surface area contributed by atoms with Crippen LogP contribution in [-0.4, -0.2) is 30.1 Å². The van der Waals surface area contributed by atoms with Gasteiger partial charge in [-0.1, -0.05) is 45.4 Å². The Balaban J connectivity index is 3.68. The minimum Gasteiger partial charge on any atom is -0.460 e. The number of unbranched alkanes of at least 4 members (excludes halogenated alkanes) is 6. The van der Waals surface area contributed by atoms with Gasteiger partial charge in [-0.2, -0.15) is 0 Å². The van der Waals surface area contributed by atoms with E-state index >= 15 is 0 Å². The summed E-state index contributed by atoms with van der Waals surface area (Å²) < 4.78 is 5.15. The summed E-state index contributed by atoms with van der Waals surface area (Å²) in [5.74, 6) is -0.720. The molecular formula is C17H34N2O3. The standard InChI is InChI=1S/C17H34N2O3/c1-5-6-7-8-9-10-11-12-19-16(21)14(18)13-15(20)22-17(2,3)4/h14H,5-13,18H2,1-4H3,(H,19,21)/t14-/m0/s1. The average molecular weight is 314 g/mol. The highest BCUT2D eigenvalue weighted by Crippen LogP contribution is 2.09. The van der Waals surface area contributed by atoms with Crippen LogP contribution < -0.4 is 11.1 Å². The van der Waals surface area contributed by atoms with Crippen LogP contribution in [0.4, 0.5) is 0 Å². The summed E-state index contributed by atoms with van der Waals surface area (Å²) in [6.45, 7) is 8.19. The molecule has 0 aromatic carbocycles. The Kier molecular flexibility index (Phi) is 10.9. The van der Waals surface area contributed by atoms with Crippen molar-refractivity contribution in [3.05, 3.63) is 0 Å². The van der Waals surface area contributed by atoms with Crippen molar-refractivity contribution >= 4 is 11.9 Å². The molecule has 5 heteroatoms. The Labute approximate surface area is 135 Å². The van der Waals surface area contributed by atoms with Crippen molar-refractivity contribution in [2.75, 3.05) is 6.54 Å². The first-order valence-electron chi connectivity index (χ1n) is 8.51. The minimum atomic E-state index is -0.834. The zero-order valence-corrected chi connectivity index (χ0v) is 14.7. The van der Waals surface area contributed by atoms with Gasteiger partial charge in [0.1, 0.15) is 5.60 Å². The minimum absolute atomic E-state index is 0.0832. The number of esters is 1. The molecule has 0 saturated carbocycles. The highest BCUT2D eigenvalue weighted by atomic mass is 16.6. The van der Waals surface area contributed by atoms with E-state index in [0.29, 0.717) is 6.54 Å². The van der Waals surface area contributed by atoms with Gasteiger partial charge in [0, 0.05) is 6.54 Å². The predicted octanol–water partition coefficient (Wildman–Crippen LogP) is 2.91. The molecule has 22 heavy (non-hydrogen) atoms. The Morgan fingerprint density at radius 3 is 2.14 bits per heavy atom. The van der Waals surface area contributed by atoms with Gasteiger partial charge in [-0.05, 0) is 27.2 Å². The lowest BCUT2D eigenvalue weighted by atomic mass is 10.1. The molecule has 0 aromatic heterocycles. The lowest BCUT2D eigenvalue weighted by Gasteiger charge is -2.20. The van der Waals surface area contributed by atoms with Crippen LogP contribution >= 0.6 is 0 Å². The molecule has 0 heterocycles. The molecule has 5 nitrogen and oxygen atoms in total. The molecule has 130 valence electrons. The molecule has 0 fully saturated rings. The largest absolute Gasteiger partial charge is 0.460 e. The highest BCUT2D eigenvalue weighted by Gasteiger charge is 2.22. The molecule has 0 bridgehead atoms. The van der Waals surface area contributed by atoms with E-state index in [9.17, 15) is 9.59 Å². The van der Waals surface area contributed by atoms with Crippen molar-refractivity contribution < 1.29 is 14.3 Å². The van der Waals surface area contributed by atoms with Crippen LogP contribution in [0.3, 0.4) is 0 Å². The van der Waals surface area contributed by atoms with Crippen molar-refractivity contribution in [3.63, 3.8) is 0 Å². The summed E-state index contributed by atoms with van der Waals surface area (Å²) in [6.07, 6.45) is 8.31. The van der Waals surface area contributed by atoms with Gasteiger partial charge >= 0.3 is 5.97 Å². The van der Waals surface area contributed by atoms with Gasteiger partial charge in [0.25, 0.3) is 0 Å². The Hall–Kier alpha value is -1.10. The first-order valence-corrected chi connectivity index (χ1v) is 8.51. The van der Waals surface area contributed by atoms with Gasteiger partial charge in [0.15, 0.2) is 0 Å². The van der Waals surface area contributed by atoms with Gasteiger partial charge < -0.3 is 15.8 Å². The first-order chi connectivity index (χ1) is 10.3. The normalized spacial score (nSPS) is 12.8. The molecule has 0 unspecified atom stereocenters. The van der Waals surface area contributed by atoms with Crippen LogP contribution in [0.25, 0.3) is 0 Å². The monoisotopic (exact) mass is 314 g/mol. The topological polar surface area (TPSA) is 81.4 Å². The second-order valence-corrected chi connectivity index (χ2v) is 6.81. The second-order valence-electron chi connectivity index (χ2n) is 6.81. The highest BCUT2D eigenvalue weighted by molar-refractivity contribution is 5.86. The van der Waals surface area contributed by atoms with E-state index in [-0.39, 0.29) is 12.3 Å². The van der Waals surface area contributed by atoms with E-state index in [0.717, 1.165) is 12.8 Å². The summed E-state index contributed by atoms with van der Waals surface area (Å²) in [5.41, 5.74) is 5.17. The van der Waals surface area contributed by atoms with E-state index in [1.54, 1.807) is 20.8 Å². The van der Waals surface area contributed by atoms with E-state index < -0.39 is 17.6 Å². The molecule has 0 rings (SSSR count). The van der Waals surface area contributed by atoms with Gasteiger partial charge in [-0.25, -0.2) is 0 Å². The van der Waals surface area contributed by atoms with Crippen LogP contribution in [0.5, 0.6) is 0 Å². The van der Waals surface area contributed by atoms with Gasteiger partial charge in [0.05, 0.1) is 12.5 Å². The first kappa shape index (κ1) is 20.9. The third kappa shape index (κ3) is 12.6. The molecule has 0 aliphatic rings. The SMILES string of the molecule is CCCCCCCCCNC(=O)[C@@H](N)CC(=O)OC(C)(C)C. The fraction of sp³-hybridized carbons (Fsp3) is 0.882. The second kappa shape index (κ2) is 11.5. The van der Waals surface area contributed by atoms with Crippen LogP contribution in [-0.2, 0) is 14.3 Å². The molecule has 0 aliphatic carbocycles. The molecule has 0 radical (unpaired) electrons. The number of nitrogens with two attached hydrogens (primary N) is 1. The zero-order valence-electron chi connectivity index (χ0n) is 14.7. The predicted molar refractivity (Wildman–Crippen MR) is 89.4 cm³/mol. The average Bonchev–Trinajstić information content (AvgIpc) is 2.39. The molecular weight excluding hydrogens is 280 g/mol. The van der Waals surface area contributed by atoms with Crippen LogP contribution in [0.1, 0.15) is 79.1 Å². The lowest BCUT2D eigenvalue weighted by molar-refractivity contribution is -0.156. The Morgan fingerprint density at radius 2 is 1.59 bits per heavy atom. The van der Waals surface area contributed by atoms with Crippen LogP contribution in [0.2, 0.25) is 0 Å². The van der Waals surface area contributed by atoms with E-state index in [1.807, 2.05) is 0 Å². The number of hydrogen-bond donors (Lipinski definition) is 2. The summed E-state index contributed by atoms with van der Waals surface area (Å²) in [7, 11) is 0. The molecule has 0 aromatic rings. The van der Waals surface area contributed by atoms with E-state index in [4.69, 9.17) is 10.5 Å². The maximum atomic E-state index is 11.8. The smallest absolute Gasteiger partial charge is 0.308 e. The third-order valence-electron chi connectivity index (χ3n) is 3.22. The number of carbonyl (C=O) groups is 2. The van der Waals surface area contributed by atoms with E-state index in [2.05, 4.69) is 12.2 Å². The Morgan fingerprint density at radius 1 is 1.05 bits per heavy atom. The molecule has 1 amide bonds. The van der Waals surface area contributed by atoms with Crippen LogP contribution in [0, 0.1) is 0 Å². The molecule has 0 aliphatic heterocycles. The molecule has 1 atom stereocenters. The number of nitrogens with one attached hydrogen (secondary N) is 1. The van der Waals surface area contributed by atoms with Gasteiger partial charge in [0.2, 0.25) is 5.91 Å². The maximum absolute atomic E-state index is 11.8. The lowest BCUT2D eigenvalue weighted by Crippen LogP contribution is -2.43. The van der Waals surface area contributed by atoms with Crippen molar-refractivity contribution in [2.24, 2.45) is 5.73 Å². The van der Waals surface area contributed by atoms with Gasteiger partial charge in [-0.3, -0.25) is 9.59 Å². The number of rotatable bonds is 11. The van der Waals surface area contributed by atoms with Crippen molar-refractivity contribution in [1.82, 2.24) is 5.32 Å².